The van der Waals surface area contributed by atoms with Gasteiger partial charge >= 0.3 is 0 Å². The van der Waals surface area contributed by atoms with Crippen molar-refractivity contribution in [1.82, 2.24) is 4.57 Å². The van der Waals surface area contributed by atoms with Crippen molar-refractivity contribution >= 4 is 14.1 Å². The fourth-order valence-corrected chi connectivity index (χ4v) is 1.42. The third-order valence-corrected chi connectivity index (χ3v) is 3.81. The first-order valence-corrected chi connectivity index (χ1v) is 6.55. The molecule has 0 aliphatic heterocycles. The predicted octanol–water partition coefficient (Wildman–Crippen LogP) is 1.30. The molecule has 0 aromatic rings. The number of carbonyl (C=O) groups excluding carboxylic acids is 1. The molecule has 0 rings (SSSR count). The minimum absolute atomic E-state index is 0.175. The van der Waals surface area contributed by atoms with Crippen LogP contribution in [0.1, 0.15) is 6.92 Å². The first-order chi connectivity index (χ1) is 3.85. The fourth-order valence-electron chi connectivity index (χ4n) is 0.472. The molecule has 9 heavy (non-hydrogen) atoms. The van der Waals surface area contributed by atoms with Crippen molar-refractivity contribution in [3.8, 4) is 0 Å². The highest BCUT2D eigenvalue weighted by Crippen LogP contribution is 2.05. The Labute approximate surface area is 57.9 Å². The standard InChI is InChI=1S/C6H15NOSi/c1-6(8)7(2)9(3,4)5/h1-5H3. The smallest absolute Gasteiger partial charge is 0.211 e. The average Bonchev–Trinajstić information content (AvgIpc) is 1.62. The summed E-state index contributed by atoms with van der Waals surface area (Å²) in [4.78, 5) is 10.8. The van der Waals surface area contributed by atoms with E-state index in [1.54, 1.807) is 6.92 Å². The maximum Gasteiger partial charge on any atom is 0.211 e. The van der Waals surface area contributed by atoms with Crippen molar-refractivity contribution in [1.29, 1.82) is 0 Å². The Morgan fingerprint density at radius 3 is 1.67 bits per heavy atom. The molecule has 2 nitrogen and oxygen atoms in total. The monoisotopic (exact) mass is 145 g/mol. The van der Waals surface area contributed by atoms with Crippen LogP contribution >= 0.6 is 0 Å². The fraction of sp³-hybridized carbons (Fsp3) is 0.833. The summed E-state index contributed by atoms with van der Waals surface area (Å²) in [5, 5.41) is 0. The Morgan fingerprint density at radius 1 is 1.33 bits per heavy atom. The number of hydrogen-bond acceptors (Lipinski definition) is 1. The summed E-state index contributed by atoms with van der Waals surface area (Å²) < 4.78 is 1.85. The van der Waals surface area contributed by atoms with Crippen LogP contribution in [0.15, 0.2) is 0 Å². The van der Waals surface area contributed by atoms with Gasteiger partial charge in [0.1, 0.15) is 0 Å². The summed E-state index contributed by atoms with van der Waals surface area (Å²) in [6.07, 6.45) is 0. The summed E-state index contributed by atoms with van der Waals surface area (Å²) in [5.41, 5.74) is 0. The zero-order valence-corrected chi connectivity index (χ0v) is 7.86. The lowest BCUT2D eigenvalue weighted by molar-refractivity contribution is -0.123. The Hall–Kier alpha value is -0.313. The SMILES string of the molecule is CC(=O)N(C)[Si](C)(C)C. The molecule has 0 spiro atoms. The van der Waals surface area contributed by atoms with Gasteiger partial charge in [0.05, 0.1) is 0 Å². The molecule has 0 atom stereocenters. The van der Waals surface area contributed by atoms with Gasteiger partial charge in [-0.2, -0.15) is 0 Å². The molecule has 0 saturated carbocycles. The average molecular weight is 145 g/mol. The molecule has 0 aromatic heterocycles. The molecule has 0 aliphatic rings. The Balaban J connectivity index is 4.04. The summed E-state index contributed by atoms with van der Waals surface area (Å²) in [5.74, 6) is 0.175. The van der Waals surface area contributed by atoms with E-state index in [0.717, 1.165) is 0 Å². The van der Waals surface area contributed by atoms with Gasteiger partial charge in [0.2, 0.25) is 5.91 Å². The van der Waals surface area contributed by atoms with Crippen molar-refractivity contribution in [2.45, 2.75) is 26.6 Å². The number of nitrogens with zero attached hydrogens (tertiary/aromatic N) is 1. The van der Waals surface area contributed by atoms with Crippen LogP contribution in [0.2, 0.25) is 19.6 Å². The van der Waals surface area contributed by atoms with Gasteiger partial charge in [0, 0.05) is 14.0 Å². The summed E-state index contributed by atoms with van der Waals surface area (Å²) >= 11 is 0. The van der Waals surface area contributed by atoms with E-state index in [1.165, 1.54) is 0 Å². The largest absolute Gasteiger partial charge is 0.373 e. The molecule has 0 aliphatic carbocycles. The van der Waals surface area contributed by atoms with Gasteiger partial charge in [-0.25, -0.2) is 0 Å². The molecule has 0 N–H and O–H groups in total. The third-order valence-electron chi connectivity index (χ3n) is 1.48. The molecule has 0 bridgehead atoms. The van der Waals surface area contributed by atoms with Gasteiger partial charge in [0.25, 0.3) is 0 Å². The van der Waals surface area contributed by atoms with Crippen LogP contribution < -0.4 is 0 Å². The lowest BCUT2D eigenvalue weighted by Crippen LogP contribution is -2.45. The van der Waals surface area contributed by atoms with E-state index in [4.69, 9.17) is 0 Å². The van der Waals surface area contributed by atoms with Gasteiger partial charge in [-0.15, -0.1) is 0 Å². The lowest BCUT2D eigenvalue weighted by atomic mass is 10.7. The highest BCUT2D eigenvalue weighted by atomic mass is 28.3. The van der Waals surface area contributed by atoms with E-state index in [1.807, 2.05) is 11.6 Å². The van der Waals surface area contributed by atoms with Crippen molar-refractivity contribution in [2.75, 3.05) is 7.05 Å². The second-order valence-electron chi connectivity index (χ2n) is 3.25. The van der Waals surface area contributed by atoms with Crippen molar-refractivity contribution in [3.05, 3.63) is 0 Å². The van der Waals surface area contributed by atoms with Gasteiger partial charge in [-0.3, -0.25) is 4.79 Å². The van der Waals surface area contributed by atoms with E-state index < -0.39 is 8.24 Å². The molecule has 0 aromatic carbocycles. The normalized spacial score (nSPS) is 11.2. The second kappa shape index (κ2) is 2.52. The maximum atomic E-state index is 10.8. The number of hydrogen-bond donors (Lipinski definition) is 0. The van der Waals surface area contributed by atoms with E-state index in [9.17, 15) is 4.79 Å². The van der Waals surface area contributed by atoms with Crippen LogP contribution in [0.3, 0.4) is 0 Å². The molecule has 3 heteroatoms. The Kier molecular flexibility index (Phi) is 2.43. The minimum atomic E-state index is -1.34. The molecule has 0 fully saturated rings. The van der Waals surface area contributed by atoms with Gasteiger partial charge in [0.15, 0.2) is 8.24 Å². The Bertz CT molecular complexity index is 117. The summed E-state index contributed by atoms with van der Waals surface area (Å²) in [6.45, 7) is 8.05. The van der Waals surface area contributed by atoms with Crippen LogP contribution in [0.4, 0.5) is 0 Å². The number of rotatable bonds is 1. The molecule has 0 radical (unpaired) electrons. The first-order valence-electron chi connectivity index (χ1n) is 3.10. The maximum absolute atomic E-state index is 10.8. The molecular weight excluding hydrogens is 130 g/mol. The van der Waals surface area contributed by atoms with E-state index >= 15 is 0 Å². The van der Waals surface area contributed by atoms with Crippen LogP contribution in [0.25, 0.3) is 0 Å². The van der Waals surface area contributed by atoms with Crippen LogP contribution in [-0.4, -0.2) is 25.8 Å². The van der Waals surface area contributed by atoms with Gasteiger partial charge < -0.3 is 4.57 Å². The Morgan fingerprint density at radius 2 is 1.67 bits per heavy atom. The van der Waals surface area contributed by atoms with Crippen LogP contribution in [-0.2, 0) is 4.79 Å². The quantitative estimate of drug-likeness (QED) is 0.509. The molecule has 0 heterocycles. The molecular formula is C6H15NOSi. The topological polar surface area (TPSA) is 20.3 Å². The first kappa shape index (κ1) is 8.69. The highest BCUT2D eigenvalue weighted by Gasteiger charge is 2.21. The van der Waals surface area contributed by atoms with Crippen molar-refractivity contribution in [3.63, 3.8) is 0 Å². The zero-order valence-electron chi connectivity index (χ0n) is 6.86. The predicted molar refractivity (Wildman–Crippen MR) is 41.8 cm³/mol. The summed E-state index contributed by atoms with van der Waals surface area (Å²) in [7, 11) is 0.530. The second-order valence-corrected chi connectivity index (χ2v) is 8.26. The molecule has 0 saturated heterocycles. The molecule has 1 amide bonds. The minimum Gasteiger partial charge on any atom is -0.373 e. The van der Waals surface area contributed by atoms with Gasteiger partial charge in [-0.05, 0) is 0 Å². The van der Waals surface area contributed by atoms with Crippen LogP contribution in [0, 0.1) is 0 Å². The van der Waals surface area contributed by atoms with Crippen LogP contribution in [0.5, 0.6) is 0 Å². The third kappa shape index (κ3) is 2.65. The number of carbonyl (C=O) groups is 1. The van der Waals surface area contributed by atoms with E-state index in [-0.39, 0.29) is 5.91 Å². The number of amides is 1. The molecule has 54 valence electrons. The van der Waals surface area contributed by atoms with E-state index in [0.29, 0.717) is 0 Å². The molecule has 0 unspecified atom stereocenters. The zero-order chi connectivity index (χ0) is 7.65. The summed E-state index contributed by atoms with van der Waals surface area (Å²) in [6, 6.07) is 0. The van der Waals surface area contributed by atoms with Gasteiger partial charge in [-0.1, -0.05) is 19.6 Å². The van der Waals surface area contributed by atoms with Crippen molar-refractivity contribution in [2.24, 2.45) is 0 Å². The van der Waals surface area contributed by atoms with E-state index in [2.05, 4.69) is 19.6 Å². The lowest BCUT2D eigenvalue weighted by Gasteiger charge is -2.28. The highest BCUT2D eigenvalue weighted by molar-refractivity contribution is 6.75. The van der Waals surface area contributed by atoms with Crippen molar-refractivity contribution < 1.29 is 4.79 Å².